The molecule has 0 saturated heterocycles. The number of aryl methyl sites for hydroxylation is 1. The molecule has 1 aromatic rings. The van der Waals surface area contributed by atoms with Gasteiger partial charge in [-0.05, 0) is 45.2 Å². The first-order valence-electron chi connectivity index (χ1n) is 7.45. The molecule has 0 fully saturated rings. The largest absolute Gasteiger partial charge is 0.480 e. The molecule has 118 valence electrons. The standard InChI is InChI=1S/C15H25N3O2S/c1-4-9-17-15(5-2,13(19)20)8-6-11-21-14-16-10-7-12(3)18-14/h7,10,17H,4-6,8-9,11H2,1-3H3,(H,19,20). The van der Waals surface area contributed by atoms with Crippen LogP contribution in [0.3, 0.4) is 0 Å². The number of hydrogen-bond acceptors (Lipinski definition) is 5. The van der Waals surface area contributed by atoms with E-state index < -0.39 is 11.5 Å². The van der Waals surface area contributed by atoms with Crippen molar-refractivity contribution in [2.24, 2.45) is 0 Å². The van der Waals surface area contributed by atoms with E-state index >= 15 is 0 Å². The van der Waals surface area contributed by atoms with Crippen LogP contribution in [0.1, 0.15) is 45.2 Å². The molecule has 0 aliphatic rings. The molecular weight excluding hydrogens is 286 g/mol. The number of rotatable bonds is 10. The Hall–Kier alpha value is -1.14. The number of carbonyl (C=O) groups is 1. The Labute approximate surface area is 131 Å². The molecule has 1 unspecified atom stereocenters. The van der Waals surface area contributed by atoms with Crippen molar-refractivity contribution in [2.75, 3.05) is 12.3 Å². The second-order valence-corrected chi connectivity index (χ2v) is 6.16. The summed E-state index contributed by atoms with van der Waals surface area (Å²) in [4.78, 5) is 20.1. The van der Waals surface area contributed by atoms with Crippen LogP contribution in [0.4, 0.5) is 0 Å². The lowest BCUT2D eigenvalue weighted by Crippen LogP contribution is -2.52. The van der Waals surface area contributed by atoms with Crippen molar-refractivity contribution >= 4 is 17.7 Å². The molecule has 0 aromatic carbocycles. The van der Waals surface area contributed by atoms with Gasteiger partial charge in [-0.1, -0.05) is 25.6 Å². The van der Waals surface area contributed by atoms with Gasteiger partial charge in [0.05, 0.1) is 0 Å². The molecule has 0 amide bonds. The monoisotopic (exact) mass is 311 g/mol. The number of thioether (sulfide) groups is 1. The van der Waals surface area contributed by atoms with Gasteiger partial charge >= 0.3 is 5.97 Å². The maximum Gasteiger partial charge on any atom is 0.323 e. The summed E-state index contributed by atoms with van der Waals surface area (Å²) in [5, 5.41) is 13.5. The average molecular weight is 311 g/mol. The van der Waals surface area contributed by atoms with Crippen molar-refractivity contribution in [3.8, 4) is 0 Å². The number of aromatic nitrogens is 2. The van der Waals surface area contributed by atoms with Crippen molar-refractivity contribution in [3.05, 3.63) is 18.0 Å². The number of carboxylic acids is 1. The van der Waals surface area contributed by atoms with E-state index in [0.29, 0.717) is 12.8 Å². The minimum absolute atomic E-state index is 0.591. The van der Waals surface area contributed by atoms with Crippen molar-refractivity contribution in [2.45, 2.75) is 57.1 Å². The summed E-state index contributed by atoms with van der Waals surface area (Å²) in [7, 11) is 0. The maximum absolute atomic E-state index is 11.6. The van der Waals surface area contributed by atoms with Crippen LogP contribution in [-0.4, -0.2) is 38.9 Å². The van der Waals surface area contributed by atoms with E-state index in [0.717, 1.165) is 36.0 Å². The Morgan fingerprint density at radius 1 is 1.48 bits per heavy atom. The topological polar surface area (TPSA) is 75.1 Å². The molecule has 0 aliphatic heterocycles. The van der Waals surface area contributed by atoms with E-state index in [2.05, 4.69) is 15.3 Å². The molecular formula is C15H25N3O2S. The fraction of sp³-hybridized carbons (Fsp3) is 0.667. The van der Waals surface area contributed by atoms with Gasteiger partial charge in [-0.25, -0.2) is 9.97 Å². The maximum atomic E-state index is 11.6. The van der Waals surface area contributed by atoms with Crippen molar-refractivity contribution in [3.63, 3.8) is 0 Å². The first-order chi connectivity index (χ1) is 10.0. The second kappa shape index (κ2) is 9.00. The summed E-state index contributed by atoms with van der Waals surface area (Å²) < 4.78 is 0. The Morgan fingerprint density at radius 2 is 2.24 bits per heavy atom. The van der Waals surface area contributed by atoms with Gasteiger partial charge in [-0.15, -0.1) is 0 Å². The smallest absolute Gasteiger partial charge is 0.323 e. The van der Waals surface area contributed by atoms with E-state index in [1.54, 1.807) is 18.0 Å². The Kier molecular flexibility index (Phi) is 7.67. The molecule has 5 nitrogen and oxygen atoms in total. The SMILES string of the molecule is CCCNC(CC)(CCCSc1nccc(C)n1)C(=O)O. The molecule has 1 atom stereocenters. The number of nitrogens with one attached hydrogen (secondary N) is 1. The van der Waals surface area contributed by atoms with E-state index in [4.69, 9.17) is 0 Å². The van der Waals surface area contributed by atoms with Gasteiger partial charge in [0.1, 0.15) is 5.54 Å². The first-order valence-corrected chi connectivity index (χ1v) is 8.43. The minimum atomic E-state index is -0.802. The number of carboxylic acid groups (broad SMARTS) is 1. The molecule has 0 aliphatic carbocycles. The van der Waals surface area contributed by atoms with Gasteiger partial charge < -0.3 is 10.4 Å². The zero-order valence-corrected chi connectivity index (χ0v) is 13.9. The van der Waals surface area contributed by atoms with Gasteiger partial charge in [-0.3, -0.25) is 4.79 Å². The molecule has 0 bridgehead atoms. The Morgan fingerprint density at radius 3 is 2.81 bits per heavy atom. The molecule has 0 radical (unpaired) electrons. The second-order valence-electron chi connectivity index (χ2n) is 5.10. The van der Waals surface area contributed by atoms with Crippen LogP contribution in [0.2, 0.25) is 0 Å². The van der Waals surface area contributed by atoms with E-state index in [1.165, 1.54) is 0 Å². The summed E-state index contributed by atoms with van der Waals surface area (Å²) in [5.74, 6) is 0.0713. The van der Waals surface area contributed by atoms with E-state index in [1.807, 2.05) is 26.8 Å². The van der Waals surface area contributed by atoms with Crippen LogP contribution in [-0.2, 0) is 4.79 Å². The van der Waals surface area contributed by atoms with Crippen molar-refractivity contribution < 1.29 is 9.90 Å². The molecule has 1 heterocycles. The number of aliphatic carboxylic acids is 1. The summed E-state index contributed by atoms with van der Waals surface area (Å²) >= 11 is 1.58. The fourth-order valence-electron chi connectivity index (χ4n) is 2.12. The summed E-state index contributed by atoms with van der Waals surface area (Å²) in [6, 6.07) is 1.87. The highest BCUT2D eigenvalue weighted by Crippen LogP contribution is 2.22. The lowest BCUT2D eigenvalue weighted by molar-refractivity contribution is -0.145. The van der Waals surface area contributed by atoms with Gasteiger partial charge in [0.15, 0.2) is 5.16 Å². The van der Waals surface area contributed by atoms with E-state index in [9.17, 15) is 9.90 Å². The predicted molar refractivity (Wildman–Crippen MR) is 85.7 cm³/mol. The molecule has 0 saturated carbocycles. The van der Waals surface area contributed by atoms with Crippen LogP contribution in [0.25, 0.3) is 0 Å². The minimum Gasteiger partial charge on any atom is -0.480 e. The zero-order valence-electron chi connectivity index (χ0n) is 13.1. The lowest BCUT2D eigenvalue weighted by Gasteiger charge is -2.29. The third-order valence-electron chi connectivity index (χ3n) is 3.48. The molecule has 6 heteroatoms. The Balaban J connectivity index is 2.48. The van der Waals surface area contributed by atoms with Crippen LogP contribution in [0, 0.1) is 6.92 Å². The van der Waals surface area contributed by atoms with Crippen molar-refractivity contribution in [1.82, 2.24) is 15.3 Å². The van der Waals surface area contributed by atoms with Crippen molar-refractivity contribution in [1.29, 1.82) is 0 Å². The molecule has 1 rings (SSSR count). The Bertz CT molecular complexity index is 456. The van der Waals surface area contributed by atoms with Crippen LogP contribution in [0.5, 0.6) is 0 Å². The van der Waals surface area contributed by atoms with Gasteiger partial charge in [0.2, 0.25) is 0 Å². The molecule has 2 N–H and O–H groups in total. The number of hydrogen-bond donors (Lipinski definition) is 2. The van der Waals surface area contributed by atoms with E-state index in [-0.39, 0.29) is 0 Å². The predicted octanol–water partition coefficient (Wildman–Crippen LogP) is 2.89. The summed E-state index contributed by atoms with van der Waals surface area (Å²) in [5.41, 5.74) is 0.148. The molecule has 21 heavy (non-hydrogen) atoms. The third kappa shape index (κ3) is 5.63. The quantitative estimate of drug-likeness (QED) is 0.393. The average Bonchev–Trinajstić information content (AvgIpc) is 2.46. The van der Waals surface area contributed by atoms with Gasteiger partial charge in [0, 0.05) is 17.6 Å². The normalized spacial score (nSPS) is 13.9. The van der Waals surface area contributed by atoms with Crippen LogP contribution in [0.15, 0.2) is 17.4 Å². The first kappa shape index (κ1) is 17.9. The van der Waals surface area contributed by atoms with Gasteiger partial charge in [-0.2, -0.15) is 0 Å². The highest BCUT2D eigenvalue weighted by Gasteiger charge is 2.35. The summed E-state index contributed by atoms with van der Waals surface area (Å²) in [6.07, 6.45) is 4.71. The highest BCUT2D eigenvalue weighted by molar-refractivity contribution is 7.99. The van der Waals surface area contributed by atoms with Crippen LogP contribution < -0.4 is 5.32 Å². The molecule has 1 aromatic heterocycles. The zero-order chi connectivity index (χ0) is 15.7. The number of nitrogens with zero attached hydrogens (tertiary/aromatic N) is 2. The third-order valence-corrected chi connectivity index (χ3v) is 4.43. The van der Waals surface area contributed by atoms with Crippen LogP contribution >= 0.6 is 11.8 Å². The molecule has 0 spiro atoms. The lowest BCUT2D eigenvalue weighted by atomic mass is 9.90. The summed E-state index contributed by atoms with van der Waals surface area (Å²) in [6.45, 7) is 6.63. The van der Waals surface area contributed by atoms with Gasteiger partial charge in [0.25, 0.3) is 0 Å². The fourth-order valence-corrected chi connectivity index (χ4v) is 2.94. The highest BCUT2D eigenvalue weighted by atomic mass is 32.2.